The lowest BCUT2D eigenvalue weighted by atomic mass is 10.2. The number of hydrogen-bond acceptors (Lipinski definition) is 8. The molecule has 152 valence electrons. The number of hydrogen-bond donors (Lipinski definition) is 2. The standard InChI is InChI=1S/C20H16FN5OS3/c1-12-4-2-3-5-15(12)22-19-25-26-20(30-19)29-11-17(27)24-18-23-16(10-28-18)13-6-8-14(21)9-7-13/h2-10H,11H2,1H3,(H,22,25)(H,23,24,27). The van der Waals surface area contributed by atoms with Gasteiger partial charge in [-0.05, 0) is 42.8 Å². The van der Waals surface area contributed by atoms with E-state index >= 15 is 0 Å². The Labute approximate surface area is 184 Å². The molecule has 0 unspecified atom stereocenters. The molecule has 2 aromatic carbocycles. The maximum Gasteiger partial charge on any atom is 0.236 e. The normalized spacial score (nSPS) is 10.7. The third-order valence-electron chi connectivity index (χ3n) is 4.01. The number of anilines is 3. The summed E-state index contributed by atoms with van der Waals surface area (Å²) in [4.78, 5) is 16.6. The number of carbonyl (C=O) groups is 1. The number of nitrogens with zero attached hydrogens (tertiary/aromatic N) is 3. The zero-order valence-electron chi connectivity index (χ0n) is 15.8. The number of benzene rings is 2. The highest BCUT2D eigenvalue weighted by atomic mass is 32.2. The first-order valence-corrected chi connectivity index (χ1v) is 11.6. The minimum Gasteiger partial charge on any atom is -0.330 e. The second-order valence-corrected chi connectivity index (χ2v) is 9.25. The minimum atomic E-state index is -0.298. The summed E-state index contributed by atoms with van der Waals surface area (Å²) >= 11 is 4.03. The molecule has 0 spiro atoms. The van der Waals surface area contributed by atoms with Crippen molar-refractivity contribution >= 4 is 56.3 Å². The number of aryl methyl sites for hydroxylation is 1. The number of nitrogens with one attached hydrogen (secondary N) is 2. The largest absolute Gasteiger partial charge is 0.330 e. The maximum atomic E-state index is 13.0. The Morgan fingerprint density at radius 3 is 2.70 bits per heavy atom. The van der Waals surface area contributed by atoms with E-state index in [-0.39, 0.29) is 17.5 Å². The van der Waals surface area contributed by atoms with E-state index in [4.69, 9.17) is 0 Å². The molecule has 0 saturated heterocycles. The van der Waals surface area contributed by atoms with E-state index in [2.05, 4.69) is 25.8 Å². The highest BCUT2D eigenvalue weighted by Gasteiger charge is 2.11. The van der Waals surface area contributed by atoms with Gasteiger partial charge in [0.05, 0.1) is 11.4 Å². The molecule has 4 rings (SSSR count). The fourth-order valence-corrected chi connectivity index (χ4v) is 4.81. The molecule has 0 bridgehead atoms. The molecule has 0 aliphatic heterocycles. The summed E-state index contributed by atoms with van der Waals surface area (Å²) in [6, 6.07) is 14.0. The molecule has 2 heterocycles. The Balaban J connectivity index is 1.30. The summed E-state index contributed by atoms with van der Waals surface area (Å²) in [6.45, 7) is 2.02. The van der Waals surface area contributed by atoms with Gasteiger partial charge in [0.25, 0.3) is 0 Å². The molecular formula is C20H16FN5OS3. The van der Waals surface area contributed by atoms with Crippen LogP contribution >= 0.6 is 34.4 Å². The average molecular weight is 458 g/mol. The van der Waals surface area contributed by atoms with Gasteiger partial charge >= 0.3 is 0 Å². The van der Waals surface area contributed by atoms with Crippen molar-refractivity contribution in [2.45, 2.75) is 11.3 Å². The number of carbonyl (C=O) groups excluding carboxylic acids is 1. The molecule has 0 aliphatic carbocycles. The fraction of sp³-hybridized carbons (Fsp3) is 0.100. The predicted octanol–water partition coefficient (Wildman–Crippen LogP) is 5.58. The molecule has 1 amide bonds. The monoisotopic (exact) mass is 457 g/mol. The molecular weight excluding hydrogens is 441 g/mol. The molecule has 0 atom stereocenters. The summed E-state index contributed by atoms with van der Waals surface area (Å²) < 4.78 is 13.7. The molecule has 0 aliphatic rings. The minimum absolute atomic E-state index is 0.177. The van der Waals surface area contributed by atoms with E-state index < -0.39 is 0 Å². The molecule has 6 nitrogen and oxygen atoms in total. The van der Waals surface area contributed by atoms with Crippen molar-refractivity contribution in [3.8, 4) is 11.3 Å². The Bertz CT molecular complexity index is 1160. The SMILES string of the molecule is Cc1ccccc1Nc1nnc(SCC(=O)Nc2nc(-c3ccc(F)cc3)cs2)s1. The van der Waals surface area contributed by atoms with Crippen LogP contribution in [0.5, 0.6) is 0 Å². The van der Waals surface area contributed by atoms with Crippen LogP contribution in [0.2, 0.25) is 0 Å². The maximum absolute atomic E-state index is 13.0. The van der Waals surface area contributed by atoms with Gasteiger partial charge in [0.1, 0.15) is 5.82 Å². The second kappa shape index (κ2) is 9.33. The summed E-state index contributed by atoms with van der Waals surface area (Å²) in [5, 5.41) is 17.3. The number of para-hydroxylation sites is 1. The summed E-state index contributed by atoms with van der Waals surface area (Å²) in [5.74, 6) is -0.276. The van der Waals surface area contributed by atoms with Crippen molar-refractivity contribution in [1.82, 2.24) is 15.2 Å². The van der Waals surface area contributed by atoms with Crippen LogP contribution < -0.4 is 10.6 Å². The van der Waals surface area contributed by atoms with Gasteiger partial charge in [0.15, 0.2) is 9.47 Å². The first-order chi connectivity index (χ1) is 14.6. The summed E-state index contributed by atoms with van der Waals surface area (Å²) in [6.07, 6.45) is 0. The Kier molecular flexibility index (Phi) is 6.36. The Morgan fingerprint density at radius 2 is 1.90 bits per heavy atom. The average Bonchev–Trinajstić information content (AvgIpc) is 3.38. The number of amides is 1. The van der Waals surface area contributed by atoms with Crippen LogP contribution in [0, 0.1) is 12.7 Å². The lowest BCUT2D eigenvalue weighted by Gasteiger charge is -2.04. The van der Waals surface area contributed by atoms with Crippen molar-refractivity contribution in [3.63, 3.8) is 0 Å². The van der Waals surface area contributed by atoms with Crippen LogP contribution in [-0.4, -0.2) is 26.8 Å². The van der Waals surface area contributed by atoms with Crippen LogP contribution in [0.15, 0.2) is 58.3 Å². The van der Waals surface area contributed by atoms with Crippen molar-refractivity contribution in [1.29, 1.82) is 0 Å². The summed E-state index contributed by atoms with van der Waals surface area (Å²) in [5.41, 5.74) is 3.58. The predicted molar refractivity (Wildman–Crippen MR) is 121 cm³/mol. The van der Waals surface area contributed by atoms with Gasteiger partial charge in [-0.1, -0.05) is 41.3 Å². The Hall–Kier alpha value is -2.82. The number of thiazole rings is 1. The lowest BCUT2D eigenvalue weighted by Crippen LogP contribution is -2.13. The number of thioether (sulfide) groups is 1. The van der Waals surface area contributed by atoms with Crippen molar-refractivity contribution < 1.29 is 9.18 Å². The van der Waals surface area contributed by atoms with Crippen molar-refractivity contribution in [2.24, 2.45) is 0 Å². The molecule has 30 heavy (non-hydrogen) atoms. The first kappa shape index (κ1) is 20.5. The molecule has 4 aromatic rings. The number of aromatic nitrogens is 3. The molecule has 0 fully saturated rings. The van der Waals surface area contributed by atoms with Crippen LogP contribution in [0.25, 0.3) is 11.3 Å². The second-order valence-electron chi connectivity index (χ2n) is 6.19. The van der Waals surface area contributed by atoms with E-state index in [0.29, 0.717) is 20.3 Å². The van der Waals surface area contributed by atoms with Crippen LogP contribution in [0.3, 0.4) is 0 Å². The van der Waals surface area contributed by atoms with Gasteiger partial charge in [-0.25, -0.2) is 9.37 Å². The van der Waals surface area contributed by atoms with E-state index in [1.54, 1.807) is 12.1 Å². The third kappa shape index (κ3) is 5.21. The molecule has 10 heteroatoms. The van der Waals surface area contributed by atoms with Crippen molar-refractivity contribution in [2.75, 3.05) is 16.4 Å². The van der Waals surface area contributed by atoms with Gasteiger partial charge < -0.3 is 10.6 Å². The quantitative estimate of drug-likeness (QED) is 0.353. The molecule has 0 radical (unpaired) electrons. The van der Waals surface area contributed by atoms with E-state index in [1.807, 2.05) is 36.6 Å². The van der Waals surface area contributed by atoms with Gasteiger partial charge in [-0.3, -0.25) is 4.79 Å². The lowest BCUT2D eigenvalue weighted by molar-refractivity contribution is -0.113. The smallest absolute Gasteiger partial charge is 0.236 e. The topological polar surface area (TPSA) is 79.8 Å². The highest BCUT2D eigenvalue weighted by Crippen LogP contribution is 2.29. The third-order valence-corrected chi connectivity index (χ3v) is 6.74. The highest BCUT2D eigenvalue weighted by molar-refractivity contribution is 8.01. The zero-order chi connectivity index (χ0) is 20.9. The number of rotatable bonds is 7. The van der Waals surface area contributed by atoms with Crippen LogP contribution in [-0.2, 0) is 4.79 Å². The van der Waals surface area contributed by atoms with Crippen molar-refractivity contribution in [3.05, 3.63) is 65.3 Å². The molecule has 0 saturated carbocycles. The Morgan fingerprint density at radius 1 is 1.10 bits per heavy atom. The van der Waals surface area contributed by atoms with Gasteiger partial charge in [-0.15, -0.1) is 21.5 Å². The molecule has 2 aromatic heterocycles. The summed E-state index contributed by atoms with van der Waals surface area (Å²) in [7, 11) is 0. The van der Waals surface area contributed by atoms with E-state index in [0.717, 1.165) is 16.8 Å². The number of halogens is 1. The van der Waals surface area contributed by atoms with Gasteiger partial charge in [0.2, 0.25) is 11.0 Å². The molecule has 2 N–H and O–H groups in total. The van der Waals surface area contributed by atoms with Crippen LogP contribution in [0.4, 0.5) is 20.3 Å². The van der Waals surface area contributed by atoms with Crippen LogP contribution in [0.1, 0.15) is 5.56 Å². The zero-order valence-corrected chi connectivity index (χ0v) is 18.2. The first-order valence-electron chi connectivity index (χ1n) is 8.87. The fourth-order valence-electron chi connectivity index (χ4n) is 2.51. The van der Waals surface area contributed by atoms with Gasteiger partial charge in [0, 0.05) is 16.6 Å². The van der Waals surface area contributed by atoms with E-state index in [1.165, 1.54) is 46.6 Å². The van der Waals surface area contributed by atoms with Gasteiger partial charge in [-0.2, -0.15) is 0 Å². The van der Waals surface area contributed by atoms with E-state index in [9.17, 15) is 9.18 Å².